The van der Waals surface area contributed by atoms with Crippen LogP contribution in [0.4, 0.5) is 4.39 Å². The van der Waals surface area contributed by atoms with E-state index in [1.54, 1.807) is 0 Å². The first-order valence-corrected chi connectivity index (χ1v) is 5.82. The molecular weight excluding hydrogens is 243 g/mol. The molecule has 0 radical (unpaired) electrons. The molecule has 3 nitrogen and oxygen atoms in total. The summed E-state index contributed by atoms with van der Waals surface area (Å²) < 4.78 is 12.9. The Bertz CT molecular complexity index is 446. The van der Waals surface area contributed by atoms with Crippen molar-refractivity contribution in [1.29, 1.82) is 0 Å². The molecule has 1 amide bonds. The molecule has 0 aromatic heterocycles. The average Bonchev–Trinajstić information content (AvgIpc) is 2.27. The van der Waals surface area contributed by atoms with Crippen LogP contribution in [0.5, 0.6) is 0 Å². The van der Waals surface area contributed by atoms with Crippen LogP contribution in [0.25, 0.3) is 0 Å². The Balaban J connectivity index is 1.97. The average molecular weight is 257 g/mol. The Labute approximate surface area is 104 Å². The van der Waals surface area contributed by atoms with E-state index in [1.807, 2.05) is 0 Å². The zero-order valence-electron chi connectivity index (χ0n) is 9.52. The summed E-state index contributed by atoms with van der Waals surface area (Å²) in [5.74, 6) is -0.738. The molecule has 0 unspecified atom stereocenters. The first-order valence-electron chi connectivity index (χ1n) is 5.44. The minimum atomic E-state index is -0.515. The Hall–Kier alpha value is -1.13. The van der Waals surface area contributed by atoms with E-state index in [0.29, 0.717) is 12.1 Å². The topological polar surface area (TPSA) is 41.1 Å². The fourth-order valence-electron chi connectivity index (χ4n) is 1.71. The van der Waals surface area contributed by atoms with E-state index < -0.39 is 5.82 Å². The highest BCUT2D eigenvalue weighted by atomic mass is 35.5. The molecule has 0 bridgehead atoms. The zero-order chi connectivity index (χ0) is 12.5. The van der Waals surface area contributed by atoms with Gasteiger partial charge in [0.2, 0.25) is 0 Å². The molecule has 1 saturated heterocycles. The summed E-state index contributed by atoms with van der Waals surface area (Å²) >= 11 is 5.62. The molecule has 1 aromatic rings. The highest BCUT2D eigenvalue weighted by molar-refractivity contribution is 6.31. The molecule has 0 atom stereocenters. The number of amides is 1. The van der Waals surface area contributed by atoms with Crippen molar-refractivity contribution >= 4 is 17.5 Å². The molecule has 1 fully saturated rings. The number of hydrogen-bond donors (Lipinski definition) is 2. The highest BCUT2D eigenvalue weighted by Gasteiger charge is 2.31. The normalized spacial score (nSPS) is 17.4. The fourth-order valence-corrected chi connectivity index (χ4v) is 1.89. The van der Waals surface area contributed by atoms with Crippen molar-refractivity contribution in [2.45, 2.75) is 6.92 Å². The molecule has 1 aliphatic rings. The van der Waals surface area contributed by atoms with Gasteiger partial charge in [0.05, 0.1) is 5.02 Å². The van der Waals surface area contributed by atoms with Gasteiger partial charge >= 0.3 is 0 Å². The van der Waals surface area contributed by atoms with Crippen LogP contribution in [0.2, 0.25) is 5.02 Å². The molecule has 1 aromatic carbocycles. The lowest BCUT2D eigenvalue weighted by molar-refractivity contribution is 0.0912. The van der Waals surface area contributed by atoms with E-state index in [-0.39, 0.29) is 16.3 Å². The lowest BCUT2D eigenvalue weighted by Crippen LogP contribution is -2.56. The molecule has 1 aliphatic heterocycles. The molecule has 0 aliphatic carbocycles. The van der Waals surface area contributed by atoms with Crippen molar-refractivity contribution in [3.05, 3.63) is 34.6 Å². The number of carbonyl (C=O) groups excluding carboxylic acids is 1. The van der Waals surface area contributed by atoms with E-state index in [1.165, 1.54) is 18.2 Å². The van der Waals surface area contributed by atoms with Crippen LogP contribution in [0.3, 0.4) is 0 Å². The first kappa shape index (κ1) is 12.3. The zero-order valence-corrected chi connectivity index (χ0v) is 10.3. The van der Waals surface area contributed by atoms with Gasteiger partial charge in [-0.1, -0.05) is 18.5 Å². The number of benzene rings is 1. The standard InChI is InChI=1S/C12H14ClFN2O/c1-12(5-15-6-12)7-16-11(17)8-2-3-10(14)9(13)4-8/h2-4,15H,5-7H2,1H3,(H,16,17). The summed E-state index contributed by atoms with van der Waals surface area (Å²) in [5, 5.41) is 5.95. The highest BCUT2D eigenvalue weighted by Crippen LogP contribution is 2.20. The van der Waals surface area contributed by atoms with Crippen molar-refractivity contribution < 1.29 is 9.18 Å². The van der Waals surface area contributed by atoms with Crippen LogP contribution in [0, 0.1) is 11.2 Å². The smallest absolute Gasteiger partial charge is 0.251 e. The monoisotopic (exact) mass is 256 g/mol. The second-order valence-corrected chi connectivity index (χ2v) is 5.13. The summed E-state index contributed by atoms with van der Waals surface area (Å²) in [6.45, 7) is 4.50. The van der Waals surface area contributed by atoms with Gasteiger partial charge in [-0.3, -0.25) is 4.79 Å². The number of carbonyl (C=O) groups is 1. The molecule has 2 N–H and O–H groups in total. The summed E-state index contributed by atoms with van der Waals surface area (Å²) in [5.41, 5.74) is 0.506. The Kier molecular flexibility index (Phi) is 3.35. The SMILES string of the molecule is CC1(CNC(=O)c2ccc(F)c(Cl)c2)CNC1. The van der Waals surface area contributed by atoms with Gasteiger partial charge in [-0.2, -0.15) is 0 Å². The summed E-state index contributed by atoms with van der Waals surface area (Å²) in [4.78, 5) is 11.8. The van der Waals surface area contributed by atoms with Gasteiger partial charge in [0.25, 0.3) is 5.91 Å². The number of hydrogen-bond acceptors (Lipinski definition) is 2. The number of halogens is 2. The Morgan fingerprint density at radius 1 is 1.59 bits per heavy atom. The Morgan fingerprint density at radius 2 is 2.29 bits per heavy atom. The van der Waals surface area contributed by atoms with E-state index in [9.17, 15) is 9.18 Å². The lowest BCUT2D eigenvalue weighted by atomic mass is 9.84. The second-order valence-electron chi connectivity index (χ2n) is 4.73. The van der Waals surface area contributed by atoms with Gasteiger partial charge in [0, 0.05) is 30.6 Å². The number of rotatable bonds is 3. The van der Waals surface area contributed by atoms with Gasteiger partial charge in [-0.25, -0.2) is 4.39 Å². The summed E-state index contributed by atoms with van der Waals surface area (Å²) in [6.07, 6.45) is 0. The van der Waals surface area contributed by atoms with Crippen LogP contribution in [0.15, 0.2) is 18.2 Å². The minimum absolute atomic E-state index is 0.0332. The molecular formula is C12H14ClFN2O. The van der Waals surface area contributed by atoms with Crippen LogP contribution in [-0.4, -0.2) is 25.5 Å². The quantitative estimate of drug-likeness (QED) is 0.866. The van der Waals surface area contributed by atoms with Gasteiger partial charge in [-0.15, -0.1) is 0 Å². The molecule has 0 saturated carbocycles. The molecule has 0 spiro atoms. The van der Waals surface area contributed by atoms with Crippen LogP contribution >= 0.6 is 11.6 Å². The van der Waals surface area contributed by atoms with Crippen LogP contribution < -0.4 is 10.6 Å². The fraction of sp³-hybridized carbons (Fsp3) is 0.417. The molecule has 2 rings (SSSR count). The Morgan fingerprint density at radius 3 is 2.82 bits per heavy atom. The molecule has 92 valence electrons. The third-order valence-corrected chi connectivity index (χ3v) is 3.25. The number of nitrogens with one attached hydrogen (secondary N) is 2. The largest absolute Gasteiger partial charge is 0.351 e. The third kappa shape index (κ3) is 2.76. The lowest BCUT2D eigenvalue weighted by Gasteiger charge is -2.39. The third-order valence-electron chi connectivity index (χ3n) is 2.96. The summed E-state index contributed by atoms with van der Waals surface area (Å²) in [6, 6.07) is 3.97. The molecule has 1 heterocycles. The maximum atomic E-state index is 12.9. The van der Waals surface area contributed by atoms with Gasteiger partial charge in [0.15, 0.2) is 0 Å². The van der Waals surface area contributed by atoms with E-state index in [4.69, 9.17) is 11.6 Å². The second kappa shape index (κ2) is 4.63. The van der Waals surface area contributed by atoms with Crippen LogP contribution in [0.1, 0.15) is 17.3 Å². The predicted molar refractivity (Wildman–Crippen MR) is 64.7 cm³/mol. The maximum absolute atomic E-state index is 12.9. The van der Waals surface area contributed by atoms with Crippen LogP contribution in [-0.2, 0) is 0 Å². The van der Waals surface area contributed by atoms with Gasteiger partial charge < -0.3 is 10.6 Å². The summed E-state index contributed by atoms with van der Waals surface area (Å²) in [7, 11) is 0. The van der Waals surface area contributed by atoms with Crippen molar-refractivity contribution in [1.82, 2.24) is 10.6 Å². The van der Waals surface area contributed by atoms with Crippen molar-refractivity contribution in [3.8, 4) is 0 Å². The van der Waals surface area contributed by atoms with E-state index >= 15 is 0 Å². The van der Waals surface area contributed by atoms with Gasteiger partial charge in [-0.05, 0) is 18.2 Å². The van der Waals surface area contributed by atoms with Gasteiger partial charge in [0.1, 0.15) is 5.82 Å². The van der Waals surface area contributed by atoms with Crippen molar-refractivity contribution in [2.24, 2.45) is 5.41 Å². The van der Waals surface area contributed by atoms with E-state index in [0.717, 1.165) is 13.1 Å². The molecule has 5 heteroatoms. The predicted octanol–water partition coefficient (Wildman–Crippen LogP) is 1.82. The molecule has 17 heavy (non-hydrogen) atoms. The first-order chi connectivity index (χ1) is 8.00. The minimum Gasteiger partial charge on any atom is -0.351 e. The maximum Gasteiger partial charge on any atom is 0.251 e. The van der Waals surface area contributed by atoms with E-state index in [2.05, 4.69) is 17.6 Å². The van der Waals surface area contributed by atoms with Crippen molar-refractivity contribution in [3.63, 3.8) is 0 Å². The van der Waals surface area contributed by atoms with Crippen molar-refractivity contribution in [2.75, 3.05) is 19.6 Å².